The van der Waals surface area contributed by atoms with Gasteiger partial charge in [0.05, 0.1) is 6.42 Å². The topological polar surface area (TPSA) is 136 Å². The van der Waals surface area contributed by atoms with Gasteiger partial charge in [0.25, 0.3) is 0 Å². The van der Waals surface area contributed by atoms with E-state index in [0.717, 1.165) is 0 Å². The van der Waals surface area contributed by atoms with Gasteiger partial charge in [-0.25, -0.2) is 4.79 Å². The summed E-state index contributed by atoms with van der Waals surface area (Å²) >= 11 is 0. The first-order valence-corrected chi connectivity index (χ1v) is 5.37. The molecule has 0 bridgehead atoms. The Morgan fingerprint density at radius 1 is 1.35 bits per heavy atom. The molecule has 0 aliphatic carbocycles. The lowest BCUT2D eigenvalue weighted by molar-refractivity contribution is -0.143. The summed E-state index contributed by atoms with van der Waals surface area (Å²) in [5.41, 5.74) is 10.3. The maximum atomic E-state index is 11.4. The Hall–Kier alpha value is -1.63. The predicted molar refractivity (Wildman–Crippen MR) is 60.8 cm³/mol. The van der Waals surface area contributed by atoms with E-state index < -0.39 is 30.2 Å². The molecule has 0 rings (SSSR count). The van der Waals surface area contributed by atoms with Crippen molar-refractivity contribution in [2.45, 2.75) is 32.2 Å². The van der Waals surface area contributed by atoms with Crippen LogP contribution in [-0.4, -0.2) is 35.5 Å². The van der Waals surface area contributed by atoms with E-state index in [1.54, 1.807) is 0 Å². The molecule has 0 heterocycles. The lowest BCUT2D eigenvalue weighted by Gasteiger charge is -2.13. The molecule has 0 aliphatic heterocycles. The van der Waals surface area contributed by atoms with Crippen LogP contribution in [0.25, 0.3) is 0 Å². The van der Waals surface area contributed by atoms with Crippen LogP contribution in [0, 0.1) is 5.92 Å². The zero-order chi connectivity index (χ0) is 13.4. The lowest BCUT2D eigenvalue weighted by Crippen LogP contribution is -2.43. The molecule has 0 aromatic carbocycles. The number of nitrogens with two attached hydrogens (primary N) is 2. The minimum atomic E-state index is -1.27. The largest absolute Gasteiger partial charge is 0.480 e. The van der Waals surface area contributed by atoms with Crippen molar-refractivity contribution in [2.24, 2.45) is 17.4 Å². The number of carboxylic acids is 1. The second kappa shape index (κ2) is 7.61. The first-order valence-electron chi connectivity index (χ1n) is 5.37. The zero-order valence-corrected chi connectivity index (χ0v) is 9.81. The van der Waals surface area contributed by atoms with E-state index in [4.69, 9.17) is 16.6 Å². The SMILES string of the molecule is CC(CN)CCC(=O)N[C@H](CC(N)=O)C(=O)O. The van der Waals surface area contributed by atoms with Crippen molar-refractivity contribution in [3.8, 4) is 0 Å². The molecule has 0 spiro atoms. The van der Waals surface area contributed by atoms with Crippen molar-refractivity contribution >= 4 is 17.8 Å². The van der Waals surface area contributed by atoms with Gasteiger partial charge < -0.3 is 21.9 Å². The molecule has 0 aromatic rings. The number of carboxylic acid groups (broad SMARTS) is 1. The van der Waals surface area contributed by atoms with Crippen LogP contribution < -0.4 is 16.8 Å². The van der Waals surface area contributed by atoms with E-state index in [1.807, 2.05) is 6.92 Å². The predicted octanol–water partition coefficient (Wildman–Crippen LogP) is -1.19. The Morgan fingerprint density at radius 3 is 2.35 bits per heavy atom. The molecule has 6 N–H and O–H groups in total. The maximum absolute atomic E-state index is 11.4. The Balaban J connectivity index is 4.13. The quantitative estimate of drug-likeness (QED) is 0.426. The second-order valence-corrected chi connectivity index (χ2v) is 4.01. The molecule has 0 saturated carbocycles. The standard InChI is InChI=1S/C10H19N3O4/c1-6(5-11)2-3-9(15)13-7(10(16)17)4-8(12)14/h6-7H,2-5,11H2,1H3,(H2,12,14)(H,13,15)(H,16,17)/t6?,7-/m1/s1. The van der Waals surface area contributed by atoms with Crippen LogP contribution in [0.2, 0.25) is 0 Å². The van der Waals surface area contributed by atoms with E-state index in [0.29, 0.717) is 13.0 Å². The van der Waals surface area contributed by atoms with Gasteiger partial charge in [0.1, 0.15) is 6.04 Å². The summed E-state index contributed by atoms with van der Waals surface area (Å²) in [7, 11) is 0. The summed E-state index contributed by atoms with van der Waals surface area (Å²) in [6.07, 6.45) is 0.347. The van der Waals surface area contributed by atoms with Gasteiger partial charge in [-0.3, -0.25) is 9.59 Å². The molecule has 0 radical (unpaired) electrons. The Labute approximate surface area is 99.5 Å². The van der Waals surface area contributed by atoms with Crippen molar-refractivity contribution in [1.82, 2.24) is 5.32 Å². The summed E-state index contributed by atoms with van der Waals surface area (Å²) < 4.78 is 0. The van der Waals surface area contributed by atoms with Crippen molar-refractivity contribution in [3.63, 3.8) is 0 Å². The summed E-state index contributed by atoms with van der Waals surface area (Å²) in [5.74, 6) is -2.27. The van der Waals surface area contributed by atoms with Gasteiger partial charge in [0.15, 0.2) is 0 Å². The number of primary amides is 1. The minimum absolute atomic E-state index is 0.181. The highest BCUT2D eigenvalue weighted by Crippen LogP contribution is 2.03. The minimum Gasteiger partial charge on any atom is -0.480 e. The van der Waals surface area contributed by atoms with Gasteiger partial charge in [-0.2, -0.15) is 0 Å². The molecule has 2 atom stereocenters. The summed E-state index contributed by atoms with van der Waals surface area (Å²) in [5, 5.41) is 11.0. The molecule has 0 fully saturated rings. The van der Waals surface area contributed by atoms with Crippen LogP contribution in [-0.2, 0) is 14.4 Å². The van der Waals surface area contributed by atoms with Crippen LogP contribution in [0.3, 0.4) is 0 Å². The fourth-order valence-corrected chi connectivity index (χ4v) is 1.16. The molecule has 98 valence electrons. The summed E-state index contributed by atoms with van der Waals surface area (Å²) in [6.45, 7) is 2.36. The molecule has 0 aromatic heterocycles. The molecular formula is C10H19N3O4. The van der Waals surface area contributed by atoms with Crippen LogP contribution in [0.15, 0.2) is 0 Å². The van der Waals surface area contributed by atoms with Gasteiger partial charge in [0, 0.05) is 6.42 Å². The number of amides is 2. The third-order valence-corrected chi connectivity index (χ3v) is 2.31. The highest BCUT2D eigenvalue weighted by molar-refractivity contribution is 5.88. The van der Waals surface area contributed by atoms with Crippen molar-refractivity contribution in [2.75, 3.05) is 6.54 Å². The number of carbonyl (C=O) groups excluding carboxylic acids is 2. The van der Waals surface area contributed by atoms with Crippen molar-refractivity contribution < 1.29 is 19.5 Å². The average molecular weight is 245 g/mol. The van der Waals surface area contributed by atoms with Crippen LogP contribution in [0.5, 0.6) is 0 Å². The normalized spacial score (nSPS) is 13.8. The van der Waals surface area contributed by atoms with Crippen LogP contribution >= 0.6 is 0 Å². The van der Waals surface area contributed by atoms with Crippen molar-refractivity contribution in [1.29, 1.82) is 0 Å². The number of carbonyl (C=O) groups is 3. The monoisotopic (exact) mass is 245 g/mol. The lowest BCUT2D eigenvalue weighted by atomic mass is 10.1. The number of nitrogens with one attached hydrogen (secondary N) is 1. The van der Waals surface area contributed by atoms with Gasteiger partial charge in [-0.15, -0.1) is 0 Å². The van der Waals surface area contributed by atoms with Gasteiger partial charge in [0.2, 0.25) is 11.8 Å². The third-order valence-electron chi connectivity index (χ3n) is 2.31. The van der Waals surface area contributed by atoms with E-state index in [9.17, 15) is 14.4 Å². The van der Waals surface area contributed by atoms with E-state index in [2.05, 4.69) is 5.32 Å². The van der Waals surface area contributed by atoms with Crippen molar-refractivity contribution in [3.05, 3.63) is 0 Å². The average Bonchev–Trinajstić information content (AvgIpc) is 2.24. The first-order chi connectivity index (χ1) is 7.86. The fraction of sp³-hybridized carbons (Fsp3) is 0.700. The maximum Gasteiger partial charge on any atom is 0.326 e. The molecule has 2 amide bonds. The van der Waals surface area contributed by atoms with Gasteiger partial charge in [-0.1, -0.05) is 6.92 Å². The molecule has 0 aliphatic rings. The van der Waals surface area contributed by atoms with E-state index >= 15 is 0 Å². The number of hydrogen-bond acceptors (Lipinski definition) is 4. The Kier molecular flexibility index (Phi) is 6.88. The molecular weight excluding hydrogens is 226 g/mol. The summed E-state index contributed by atoms with van der Waals surface area (Å²) in [4.78, 5) is 32.7. The summed E-state index contributed by atoms with van der Waals surface area (Å²) in [6, 6.07) is -1.26. The van der Waals surface area contributed by atoms with Crippen LogP contribution in [0.4, 0.5) is 0 Å². The molecule has 17 heavy (non-hydrogen) atoms. The van der Waals surface area contributed by atoms with Gasteiger partial charge >= 0.3 is 5.97 Å². The smallest absolute Gasteiger partial charge is 0.326 e. The molecule has 0 saturated heterocycles. The highest BCUT2D eigenvalue weighted by atomic mass is 16.4. The Morgan fingerprint density at radius 2 is 1.94 bits per heavy atom. The molecule has 7 nitrogen and oxygen atoms in total. The fourth-order valence-electron chi connectivity index (χ4n) is 1.16. The third kappa shape index (κ3) is 7.29. The molecule has 7 heteroatoms. The van der Waals surface area contributed by atoms with Gasteiger partial charge in [-0.05, 0) is 18.9 Å². The van der Waals surface area contributed by atoms with E-state index in [1.165, 1.54) is 0 Å². The number of rotatable bonds is 8. The Bertz CT molecular complexity index is 293. The molecule has 1 unspecified atom stereocenters. The van der Waals surface area contributed by atoms with Crippen LogP contribution in [0.1, 0.15) is 26.2 Å². The number of hydrogen-bond donors (Lipinski definition) is 4. The zero-order valence-electron chi connectivity index (χ0n) is 9.81. The highest BCUT2D eigenvalue weighted by Gasteiger charge is 2.21. The first kappa shape index (κ1) is 15.4. The number of aliphatic carboxylic acids is 1. The van der Waals surface area contributed by atoms with E-state index in [-0.39, 0.29) is 12.3 Å². The second-order valence-electron chi connectivity index (χ2n) is 4.01.